The van der Waals surface area contributed by atoms with Crippen LogP contribution in [0.1, 0.15) is 64.4 Å². The first-order chi connectivity index (χ1) is 10.8. The molecule has 0 aliphatic heterocycles. The van der Waals surface area contributed by atoms with E-state index in [9.17, 15) is 0 Å². The van der Waals surface area contributed by atoms with Crippen LogP contribution in [0.25, 0.3) is 0 Å². The summed E-state index contributed by atoms with van der Waals surface area (Å²) in [4.78, 5) is 0. The smallest absolute Gasteiger partial charge is 0.119 e. The van der Waals surface area contributed by atoms with Crippen LogP contribution in [-0.4, -0.2) is 6.61 Å². The van der Waals surface area contributed by atoms with Crippen molar-refractivity contribution in [1.29, 1.82) is 0 Å². The van der Waals surface area contributed by atoms with E-state index in [4.69, 9.17) is 4.74 Å². The second-order valence-corrected chi connectivity index (χ2v) is 6.13. The molecule has 2 rings (SSSR count). The SMILES string of the molecule is CCCCOc1ccc(C#CC2=CCC(CCC)CC2)cc1. The molecule has 0 amide bonds. The van der Waals surface area contributed by atoms with Gasteiger partial charge >= 0.3 is 0 Å². The molecular weight excluding hydrogens is 268 g/mol. The Bertz CT molecular complexity index is 527. The molecule has 118 valence electrons. The molecule has 0 fully saturated rings. The highest BCUT2D eigenvalue weighted by Gasteiger charge is 2.12. The van der Waals surface area contributed by atoms with Crippen LogP contribution in [0.2, 0.25) is 0 Å². The van der Waals surface area contributed by atoms with Crippen LogP contribution in [0.3, 0.4) is 0 Å². The Morgan fingerprint density at radius 1 is 1.09 bits per heavy atom. The third-order valence-corrected chi connectivity index (χ3v) is 4.20. The lowest BCUT2D eigenvalue weighted by atomic mass is 9.87. The average molecular weight is 296 g/mol. The topological polar surface area (TPSA) is 9.23 Å². The lowest BCUT2D eigenvalue weighted by Gasteiger charge is -2.18. The molecule has 1 unspecified atom stereocenters. The first-order valence-electron chi connectivity index (χ1n) is 8.75. The van der Waals surface area contributed by atoms with Gasteiger partial charge in [0.05, 0.1) is 6.61 Å². The van der Waals surface area contributed by atoms with Gasteiger partial charge in [0.15, 0.2) is 0 Å². The zero-order chi connectivity index (χ0) is 15.6. The molecule has 1 aromatic rings. The highest BCUT2D eigenvalue weighted by molar-refractivity contribution is 5.43. The van der Waals surface area contributed by atoms with Gasteiger partial charge in [0.1, 0.15) is 5.75 Å². The van der Waals surface area contributed by atoms with Crippen molar-refractivity contribution in [3.63, 3.8) is 0 Å². The maximum Gasteiger partial charge on any atom is 0.119 e. The molecule has 1 aliphatic rings. The Morgan fingerprint density at radius 3 is 2.55 bits per heavy atom. The van der Waals surface area contributed by atoms with Crippen molar-refractivity contribution in [3.05, 3.63) is 41.5 Å². The number of hydrogen-bond donors (Lipinski definition) is 0. The van der Waals surface area contributed by atoms with Gasteiger partial charge in [-0.1, -0.05) is 51.0 Å². The van der Waals surface area contributed by atoms with Gasteiger partial charge in [0.2, 0.25) is 0 Å². The van der Waals surface area contributed by atoms with Crippen molar-refractivity contribution >= 4 is 0 Å². The van der Waals surface area contributed by atoms with Gasteiger partial charge < -0.3 is 4.74 Å². The van der Waals surface area contributed by atoms with Gasteiger partial charge in [-0.15, -0.1) is 0 Å². The van der Waals surface area contributed by atoms with E-state index in [0.29, 0.717) is 0 Å². The van der Waals surface area contributed by atoms with Gasteiger partial charge in [-0.2, -0.15) is 0 Å². The monoisotopic (exact) mass is 296 g/mol. The van der Waals surface area contributed by atoms with Crippen molar-refractivity contribution in [3.8, 4) is 17.6 Å². The van der Waals surface area contributed by atoms with Crippen LogP contribution >= 0.6 is 0 Å². The molecule has 1 heteroatoms. The number of hydrogen-bond acceptors (Lipinski definition) is 1. The molecule has 1 aromatic carbocycles. The summed E-state index contributed by atoms with van der Waals surface area (Å²) >= 11 is 0. The normalized spacial score (nSPS) is 17.4. The number of rotatable bonds is 6. The van der Waals surface area contributed by atoms with Gasteiger partial charge in [0, 0.05) is 5.56 Å². The fourth-order valence-corrected chi connectivity index (χ4v) is 2.79. The van der Waals surface area contributed by atoms with Crippen LogP contribution in [0.5, 0.6) is 5.75 Å². The lowest BCUT2D eigenvalue weighted by molar-refractivity contribution is 0.309. The summed E-state index contributed by atoms with van der Waals surface area (Å²) < 4.78 is 5.67. The zero-order valence-corrected chi connectivity index (χ0v) is 14.0. The second-order valence-electron chi connectivity index (χ2n) is 6.13. The zero-order valence-electron chi connectivity index (χ0n) is 14.0. The molecule has 0 saturated heterocycles. The summed E-state index contributed by atoms with van der Waals surface area (Å²) in [6.45, 7) is 5.24. The van der Waals surface area contributed by atoms with Crippen molar-refractivity contribution in [1.82, 2.24) is 0 Å². The third kappa shape index (κ3) is 5.60. The molecule has 0 spiro atoms. The van der Waals surface area contributed by atoms with Gasteiger partial charge in [0.25, 0.3) is 0 Å². The minimum Gasteiger partial charge on any atom is -0.494 e. The van der Waals surface area contributed by atoms with E-state index >= 15 is 0 Å². The largest absolute Gasteiger partial charge is 0.494 e. The predicted molar refractivity (Wildman–Crippen MR) is 94.1 cm³/mol. The lowest BCUT2D eigenvalue weighted by Crippen LogP contribution is -2.04. The maximum atomic E-state index is 5.67. The average Bonchev–Trinajstić information content (AvgIpc) is 2.56. The molecular formula is C21H28O. The van der Waals surface area contributed by atoms with Gasteiger partial charge in [-0.25, -0.2) is 0 Å². The van der Waals surface area contributed by atoms with Crippen molar-refractivity contribution in [2.24, 2.45) is 5.92 Å². The van der Waals surface area contributed by atoms with E-state index in [0.717, 1.165) is 43.1 Å². The van der Waals surface area contributed by atoms with Gasteiger partial charge in [-0.05, 0) is 61.4 Å². The van der Waals surface area contributed by atoms with E-state index in [1.54, 1.807) is 0 Å². The van der Waals surface area contributed by atoms with E-state index in [1.165, 1.54) is 31.3 Å². The van der Waals surface area contributed by atoms with Crippen LogP contribution in [0, 0.1) is 17.8 Å². The van der Waals surface area contributed by atoms with E-state index < -0.39 is 0 Å². The van der Waals surface area contributed by atoms with Crippen molar-refractivity contribution in [2.45, 2.75) is 58.8 Å². The Morgan fingerprint density at radius 2 is 1.91 bits per heavy atom. The molecule has 1 atom stereocenters. The van der Waals surface area contributed by atoms with E-state index in [2.05, 4.69) is 43.9 Å². The first kappa shape index (κ1) is 16.7. The highest BCUT2D eigenvalue weighted by Crippen LogP contribution is 2.26. The minimum absolute atomic E-state index is 0.799. The molecule has 0 N–H and O–H groups in total. The van der Waals surface area contributed by atoms with E-state index in [-0.39, 0.29) is 0 Å². The fraction of sp³-hybridized carbons (Fsp3) is 0.524. The fourth-order valence-electron chi connectivity index (χ4n) is 2.79. The Kier molecular flexibility index (Phi) is 7.10. The molecule has 0 radical (unpaired) electrons. The molecule has 0 bridgehead atoms. The maximum absolute atomic E-state index is 5.67. The van der Waals surface area contributed by atoms with Crippen LogP contribution in [0.4, 0.5) is 0 Å². The summed E-state index contributed by atoms with van der Waals surface area (Å²) in [7, 11) is 0. The Hall–Kier alpha value is -1.68. The predicted octanol–water partition coefficient (Wildman–Crippen LogP) is 5.74. The summed E-state index contributed by atoms with van der Waals surface area (Å²) in [5, 5.41) is 0. The summed E-state index contributed by atoms with van der Waals surface area (Å²) in [6.07, 6.45) is 10.9. The van der Waals surface area contributed by atoms with Crippen molar-refractivity contribution in [2.75, 3.05) is 6.61 Å². The van der Waals surface area contributed by atoms with Crippen molar-refractivity contribution < 1.29 is 4.74 Å². The summed E-state index contributed by atoms with van der Waals surface area (Å²) in [5.41, 5.74) is 2.38. The number of unbranched alkanes of at least 4 members (excludes halogenated alkanes) is 1. The molecule has 1 nitrogen and oxygen atoms in total. The molecule has 22 heavy (non-hydrogen) atoms. The Labute approximate surface area is 135 Å². The highest BCUT2D eigenvalue weighted by atomic mass is 16.5. The first-order valence-corrected chi connectivity index (χ1v) is 8.75. The summed E-state index contributed by atoms with van der Waals surface area (Å²) in [6, 6.07) is 8.15. The Balaban J connectivity index is 1.86. The quantitative estimate of drug-likeness (QED) is 0.480. The minimum atomic E-state index is 0.799. The molecule has 0 saturated carbocycles. The standard InChI is InChI=1S/C21H28O/c1-3-5-17-22-21-15-13-20(14-16-21)12-11-19-9-7-18(6-4-2)8-10-19/h9,13-16,18H,3-8,10,17H2,1-2H3. The molecule has 0 heterocycles. The molecule has 1 aliphatic carbocycles. The number of allylic oxidation sites excluding steroid dienone is 2. The molecule has 0 aromatic heterocycles. The van der Waals surface area contributed by atoms with Gasteiger partial charge in [-0.3, -0.25) is 0 Å². The second kappa shape index (κ2) is 9.36. The number of benzene rings is 1. The van der Waals surface area contributed by atoms with Crippen LogP contribution in [-0.2, 0) is 0 Å². The van der Waals surface area contributed by atoms with E-state index in [1.807, 2.05) is 12.1 Å². The number of ether oxygens (including phenoxy) is 1. The third-order valence-electron chi connectivity index (χ3n) is 4.20. The van der Waals surface area contributed by atoms with Crippen LogP contribution in [0.15, 0.2) is 35.9 Å². The van der Waals surface area contributed by atoms with Crippen LogP contribution < -0.4 is 4.74 Å². The summed E-state index contributed by atoms with van der Waals surface area (Å²) in [5.74, 6) is 8.45.